The molecule has 0 aromatic heterocycles. The highest BCUT2D eigenvalue weighted by molar-refractivity contribution is 7.99. The summed E-state index contributed by atoms with van der Waals surface area (Å²) in [5.74, 6) is 1.06. The number of nitrogens with zero attached hydrogens (tertiary/aromatic N) is 1. The van der Waals surface area contributed by atoms with Crippen molar-refractivity contribution in [2.75, 3.05) is 5.75 Å². The quantitative estimate of drug-likeness (QED) is 0.330. The largest absolute Gasteiger partial charge is 0.352 e. The Morgan fingerprint density at radius 2 is 1.46 bits per heavy atom. The van der Waals surface area contributed by atoms with Gasteiger partial charge in [0.1, 0.15) is 6.04 Å². The lowest BCUT2D eigenvalue weighted by atomic mass is 10.0. The van der Waals surface area contributed by atoms with Gasteiger partial charge in [-0.15, -0.1) is 11.8 Å². The second kappa shape index (κ2) is 13.5. The Morgan fingerprint density at radius 1 is 0.865 bits per heavy atom. The van der Waals surface area contributed by atoms with E-state index in [1.165, 1.54) is 16.7 Å². The van der Waals surface area contributed by atoms with Crippen molar-refractivity contribution in [1.29, 1.82) is 0 Å². The summed E-state index contributed by atoms with van der Waals surface area (Å²) < 4.78 is 0. The first-order valence-electron chi connectivity index (χ1n) is 13.3. The number of benzene rings is 3. The van der Waals surface area contributed by atoms with E-state index < -0.39 is 6.04 Å². The second-order valence-electron chi connectivity index (χ2n) is 10.2. The van der Waals surface area contributed by atoms with Crippen LogP contribution in [0.4, 0.5) is 0 Å². The predicted octanol–water partition coefficient (Wildman–Crippen LogP) is 6.24. The van der Waals surface area contributed by atoms with Gasteiger partial charge in [0.15, 0.2) is 0 Å². The predicted molar refractivity (Wildman–Crippen MR) is 153 cm³/mol. The van der Waals surface area contributed by atoms with Crippen LogP contribution in [0.15, 0.2) is 78.9 Å². The number of thioether (sulfide) groups is 1. The highest BCUT2D eigenvalue weighted by atomic mass is 32.2. The highest BCUT2D eigenvalue weighted by Gasteiger charge is 2.32. The fourth-order valence-electron chi connectivity index (χ4n) is 5.19. The van der Waals surface area contributed by atoms with Crippen LogP contribution < -0.4 is 5.32 Å². The molecule has 1 atom stereocenters. The lowest BCUT2D eigenvalue weighted by Gasteiger charge is -2.32. The van der Waals surface area contributed by atoms with E-state index in [9.17, 15) is 9.59 Å². The molecule has 1 fully saturated rings. The van der Waals surface area contributed by atoms with E-state index in [4.69, 9.17) is 0 Å². The molecule has 0 heterocycles. The molecule has 4 nitrogen and oxygen atoms in total. The molecule has 37 heavy (non-hydrogen) atoms. The summed E-state index contributed by atoms with van der Waals surface area (Å²) in [4.78, 5) is 29.3. The second-order valence-corrected chi connectivity index (χ2v) is 11.2. The summed E-state index contributed by atoms with van der Waals surface area (Å²) in [5, 5.41) is 3.28. The van der Waals surface area contributed by atoms with E-state index in [-0.39, 0.29) is 17.9 Å². The zero-order valence-electron chi connectivity index (χ0n) is 22.0. The first-order chi connectivity index (χ1) is 18.0. The third kappa shape index (κ3) is 8.22. The molecule has 0 bridgehead atoms. The summed E-state index contributed by atoms with van der Waals surface area (Å²) in [6, 6.07) is 26.2. The molecule has 194 valence electrons. The van der Waals surface area contributed by atoms with Gasteiger partial charge in [-0.2, -0.15) is 0 Å². The summed E-state index contributed by atoms with van der Waals surface area (Å²) in [5.41, 5.74) is 5.78. The van der Waals surface area contributed by atoms with Gasteiger partial charge >= 0.3 is 0 Å². The van der Waals surface area contributed by atoms with Gasteiger partial charge < -0.3 is 10.2 Å². The van der Waals surface area contributed by atoms with Crippen molar-refractivity contribution in [3.8, 4) is 0 Å². The summed E-state index contributed by atoms with van der Waals surface area (Å²) >= 11 is 1.62. The Kier molecular flexibility index (Phi) is 9.84. The molecule has 3 aromatic carbocycles. The van der Waals surface area contributed by atoms with Crippen molar-refractivity contribution in [2.24, 2.45) is 0 Å². The number of hydrogen-bond acceptors (Lipinski definition) is 3. The molecule has 1 saturated carbocycles. The average Bonchev–Trinajstić information content (AvgIpc) is 3.40. The van der Waals surface area contributed by atoms with Crippen LogP contribution in [0.1, 0.15) is 53.5 Å². The molecule has 5 heteroatoms. The fourth-order valence-corrected chi connectivity index (χ4v) is 6.04. The molecule has 0 radical (unpaired) electrons. The monoisotopic (exact) mass is 514 g/mol. The molecule has 0 unspecified atom stereocenters. The number of hydrogen-bond donors (Lipinski definition) is 1. The molecule has 1 aliphatic rings. The van der Waals surface area contributed by atoms with Crippen LogP contribution in [-0.2, 0) is 28.3 Å². The smallest absolute Gasteiger partial charge is 0.243 e. The van der Waals surface area contributed by atoms with Gasteiger partial charge in [0.2, 0.25) is 11.8 Å². The van der Waals surface area contributed by atoms with Gasteiger partial charge in [-0.1, -0.05) is 103 Å². The number of amides is 2. The van der Waals surface area contributed by atoms with Crippen molar-refractivity contribution >= 4 is 23.6 Å². The van der Waals surface area contributed by atoms with Gasteiger partial charge in [0, 0.05) is 24.8 Å². The average molecular weight is 515 g/mol. The van der Waals surface area contributed by atoms with Crippen molar-refractivity contribution in [1.82, 2.24) is 10.2 Å². The van der Waals surface area contributed by atoms with Crippen molar-refractivity contribution in [3.05, 3.63) is 107 Å². The van der Waals surface area contributed by atoms with Crippen molar-refractivity contribution < 1.29 is 9.59 Å². The number of carbonyl (C=O) groups excluding carboxylic acids is 2. The van der Waals surface area contributed by atoms with Gasteiger partial charge in [-0.3, -0.25) is 9.59 Å². The van der Waals surface area contributed by atoms with Gasteiger partial charge in [0.25, 0.3) is 0 Å². The highest BCUT2D eigenvalue weighted by Crippen LogP contribution is 2.22. The number of nitrogens with one attached hydrogen (secondary N) is 1. The lowest BCUT2D eigenvalue weighted by molar-refractivity contribution is -0.139. The van der Waals surface area contributed by atoms with Gasteiger partial charge in [0.05, 0.1) is 5.75 Å². The van der Waals surface area contributed by atoms with Gasteiger partial charge in [-0.05, 0) is 43.4 Å². The molecule has 0 saturated heterocycles. The molecule has 4 rings (SSSR count). The van der Waals surface area contributed by atoms with Crippen LogP contribution in [-0.4, -0.2) is 34.6 Å². The molecule has 1 N–H and O–H groups in total. The van der Waals surface area contributed by atoms with Crippen LogP contribution in [0.25, 0.3) is 0 Å². The maximum atomic E-state index is 13.8. The lowest BCUT2D eigenvalue weighted by Crippen LogP contribution is -2.52. The van der Waals surface area contributed by atoms with Crippen molar-refractivity contribution in [2.45, 2.75) is 70.3 Å². The van der Waals surface area contributed by atoms with Crippen LogP contribution >= 0.6 is 11.8 Å². The maximum Gasteiger partial charge on any atom is 0.243 e. The third-order valence-electron chi connectivity index (χ3n) is 6.94. The Hall–Kier alpha value is -3.05. The Labute approximate surface area is 225 Å². The molecule has 0 spiro atoms. The van der Waals surface area contributed by atoms with Crippen molar-refractivity contribution in [3.63, 3.8) is 0 Å². The third-order valence-corrected chi connectivity index (χ3v) is 7.93. The van der Waals surface area contributed by atoms with Crippen LogP contribution in [0.2, 0.25) is 0 Å². The molecule has 2 amide bonds. The molecule has 3 aromatic rings. The summed E-state index contributed by atoms with van der Waals surface area (Å²) in [6.45, 7) is 4.62. The first kappa shape index (κ1) is 27.0. The van der Waals surface area contributed by atoms with Crippen LogP contribution in [0.3, 0.4) is 0 Å². The topological polar surface area (TPSA) is 49.4 Å². The Balaban J connectivity index is 1.54. The van der Waals surface area contributed by atoms with E-state index >= 15 is 0 Å². The van der Waals surface area contributed by atoms with E-state index in [0.717, 1.165) is 42.6 Å². The standard InChI is InChI=1S/C32H38N2O2S/c1-24-17-25(2)19-28(18-24)22-37-23-31(35)34(21-27-13-7-4-8-14-27)30(20-26-11-5-3-6-12-26)32(36)33-29-15-9-10-16-29/h3-8,11-14,17-19,29-30H,9-10,15-16,20-23H2,1-2H3,(H,33,36)/t30-/m0/s1. The SMILES string of the molecule is Cc1cc(C)cc(CSCC(=O)N(Cc2ccccc2)[C@@H](Cc2ccccc2)C(=O)NC2CCCC2)c1. The summed E-state index contributed by atoms with van der Waals surface area (Å²) in [7, 11) is 0. The fraction of sp³-hybridized carbons (Fsp3) is 0.375. The molecule has 1 aliphatic carbocycles. The van der Waals surface area contributed by atoms with E-state index in [2.05, 4.69) is 37.4 Å². The number of rotatable bonds is 11. The van der Waals surface area contributed by atoms with E-state index in [1.807, 2.05) is 60.7 Å². The van der Waals surface area contributed by atoms with Crippen LogP contribution in [0, 0.1) is 13.8 Å². The zero-order chi connectivity index (χ0) is 26.0. The minimum atomic E-state index is -0.558. The summed E-state index contributed by atoms with van der Waals surface area (Å²) in [6.07, 6.45) is 4.83. The number of carbonyl (C=O) groups is 2. The van der Waals surface area contributed by atoms with Crippen LogP contribution in [0.5, 0.6) is 0 Å². The molecular weight excluding hydrogens is 476 g/mol. The van der Waals surface area contributed by atoms with Gasteiger partial charge in [-0.25, -0.2) is 0 Å². The molecule has 0 aliphatic heterocycles. The molecular formula is C32H38N2O2S. The Bertz CT molecular complexity index is 1140. The first-order valence-corrected chi connectivity index (χ1v) is 14.5. The minimum Gasteiger partial charge on any atom is -0.352 e. The maximum absolute atomic E-state index is 13.8. The minimum absolute atomic E-state index is 0.000677. The normalized spacial score (nSPS) is 14.3. The van der Waals surface area contributed by atoms with E-state index in [0.29, 0.717) is 18.7 Å². The zero-order valence-corrected chi connectivity index (χ0v) is 22.8. The number of aryl methyl sites for hydroxylation is 2. The van der Waals surface area contributed by atoms with E-state index in [1.54, 1.807) is 16.7 Å². The Morgan fingerprint density at radius 3 is 2.08 bits per heavy atom.